The minimum Gasteiger partial charge on any atom is -0.530 e. The molecule has 2 rings (SSSR count). The van der Waals surface area contributed by atoms with Crippen LogP contribution in [-0.4, -0.2) is 60.2 Å². The summed E-state index contributed by atoms with van der Waals surface area (Å²) in [6.07, 6.45) is -4.28. The number of rotatable bonds is 5. The molecule has 0 bridgehead atoms. The fourth-order valence-corrected chi connectivity index (χ4v) is 2.53. The molecule has 128 valence electrons. The number of alkyl halides is 3. The van der Waals surface area contributed by atoms with E-state index in [4.69, 9.17) is 0 Å². The van der Waals surface area contributed by atoms with Crippen molar-refractivity contribution < 1.29 is 23.1 Å². The smallest absolute Gasteiger partial charge is 0.433 e. The van der Waals surface area contributed by atoms with E-state index in [0.717, 1.165) is 12.3 Å². The number of carboxylic acid groups (broad SMARTS) is 1. The lowest BCUT2D eigenvalue weighted by molar-refractivity contribution is -0.250. The van der Waals surface area contributed by atoms with Crippen molar-refractivity contribution in [2.75, 3.05) is 38.6 Å². The molecule has 0 spiro atoms. The molecule has 0 saturated carbocycles. The summed E-state index contributed by atoms with van der Waals surface area (Å²) in [5.74, 6) is 0.0187. The SMILES string of the molecule is CN(C)C1(CCNC(=O)[O-])CN(c2nccc(C(F)(F)F)n2)C1. The van der Waals surface area contributed by atoms with E-state index in [1.807, 2.05) is 19.0 Å². The van der Waals surface area contributed by atoms with Gasteiger partial charge in [-0.05, 0) is 26.6 Å². The third-order valence-corrected chi connectivity index (χ3v) is 3.99. The predicted octanol–water partition coefficient (Wildman–Crippen LogP) is -0.0612. The van der Waals surface area contributed by atoms with Gasteiger partial charge >= 0.3 is 6.18 Å². The van der Waals surface area contributed by atoms with E-state index >= 15 is 0 Å². The van der Waals surface area contributed by atoms with Crippen molar-refractivity contribution in [3.8, 4) is 0 Å². The first-order valence-corrected chi connectivity index (χ1v) is 6.91. The van der Waals surface area contributed by atoms with Crippen molar-refractivity contribution >= 4 is 12.0 Å². The molecule has 10 heteroatoms. The lowest BCUT2D eigenvalue weighted by Crippen LogP contribution is -2.69. The van der Waals surface area contributed by atoms with Crippen LogP contribution in [0, 0.1) is 0 Å². The molecule has 0 radical (unpaired) electrons. The number of nitrogens with zero attached hydrogens (tertiary/aromatic N) is 4. The van der Waals surface area contributed by atoms with E-state index < -0.39 is 18.0 Å². The molecule has 0 atom stereocenters. The van der Waals surface area contributed by atoms with Crippen LogP contribution in [0.1, 0.15) is 12.1 Å². The minimum atomic E-state index is -4.51. The van der Waals surface area contributed by atoms with Gasteiger partial charge in [-0.1, -0.05) is 0 Å². The van der Waals surface area contributed by atoms with Crippen LogP contribution >= 0.6 is 0 Å². The largest absolute Gasteiger partial charge is 0.530 e. The number of anilines is 1. The third kappa shape index (κ3) is 3.81. The van der Waals surface area contributed by atoms with Gasteiger partial charge in [0.2, 0.25) is 5.95 Å². The maximum absolute atomic E-state index is 12.7. The highest BCUT2D eigenvalue weighted by Gasteiger charge is 2.46. The fraction of sp³-hybridized carbons (Fsp3) is 0.615. The molecule has 1 aliphatic rings. The molecule has 2 heterocycles. The topological polar surface area (TPSA) is 84.4 Å². The Labute approximate surface area is 131 Å². The second-order valence-electron chi connectivity index (χ2n) is 5.68. The van der Waals surface area contributed by atoms with E-state index in [2.05, 4.69) is 15.3 Å². The summed E-state index contributed by atoms with van der Waals surface area (Å²) in [7, 11) is 3.67. The van der Waals surface area contributed by atoms with Gasteiger partial charge in [0, 0.05) is 25.8 Å². The first-order valence-electron chi connectivity index (χ1n) is 6.91. The average molecular weight is 332 g/mol. The number of hydrogen-bond donors (Lipinski definition) is 1. The highest BCUT2D eigenvalue weighted by molar-refractivity contribution is 5.61. The summed E-state index contributed by atoms with van der Waals surface area (Å²) >= 11 is 0. The highest BCUT2D eigenvalue weighted by atomic mass is 19.4. The molecule has 1 amide bonds. The minimum absolute atomic E-state index is 0.0187. The second kappa shape index (κ2) is 6.19. The number of amides is 1. The van der Waals surface area contributed by atoms with Gasteiger partial charge in [-0.3, -0.25) is 0 Å². The first kappa shape index (κ1) is 17.3. The molecule has 1 aromatic heterocycles. The van der Waals surface area contributed by atoms with E-state index in [1.165, 1.54) is 0 Å². The molecule has 1 aliphatic heterocycles. The summed E-state index contributed by atoms with van der Waals surface area (Å²) in [6, 6.07) is 0.826. The van der Waals surface area contributed by atoms with Gasteiger partial charge < -0.3 is 25.0 Å². The van der Waals surface area contributed by atoms with Crippen LogP contribution < -0.4 is 15.3 Å². The zero-order chi connectivity index (χ0) is 17.3. The van der Waals surface area contributed by atoms with Crippen LogP contribution in [0.3, 0.4) is 0 Å². The summed E-state index contributed by atoms with van der Waals surface area (Å²) in [4.78, 5) is 21.4. The molecule has 0 unspecified atom stereocenters. The number of likely N-dealkylation sites (N-methyl/N-ethyl adjacent to an activating group) is 1. The molecular weight excluding hydrogens is 315 g/mol. The predicted molar refractivity (Wildman–Crippen MR) is 73.7 cm³/mol. The van der Waals surface area contributed by atoms with Crippen molar-refractivity contribution in [3.63, 3.8) is 0 Å². The number of nitrogens with one attached hydrogen (secondary N) is 1. The molecule has 1 fully saturated rings. The normalized spacial score (nSPS) is 17.0. The van der Waals surface area contributed by atoms with Crippen LogP contribution in [0.15, 0.2) is 12.3 Å². The molecule has 7 nitrogen and oxygen atoms in total. The monoisotopic (exact) mass is 332 g/mol. The van der Waals surface area contributed by atoms with Crippen molar-refractivity contribution in [2.45, 2.75) is 18.1 Å². The number of aromatic nitrogens is 2. The Balaban J connectivity index is 2.04. The lowest BCUT2D eigenvalue weighted by atomic mass is 9.85. The van der Waals surface area contributed by atoms with Gasteiger partial charge in [-0.25, -0.2) is 9.97 Å². The van der Waals surface area contributed by atoms with Crippen molar-refractivity contribution in [3.05, 3.63) is 18.0 Å². The number of carbonyl (C=O) groups is 1. The second-order valence-corrected chi connectivity index (χ2v) is 5.68. The van der Waals surface area contributed by atoms with Gasteiger partial charge in [0.1, 0.15) is 11.8 Å². The van der Waals surface area contributed by atoms with Gasteiger partial charge in [0.05, 0.1) is 5.54 Å². The zero-order valence-electron chi connectivity index (χ0n) is 12.7. The molecule has 1 aromatic rings. The molecule has 0 aliphatic carbocycles. The Bertz CT molecular complexity index is 573. The van der Waals surface area contributed by atoms with Crippen LogP contribution in [0.5, 0.6) is 0 Å². The van der Waals surface area contributed by atoms with Crippen LogP contribution in [-0.2, 0) is 6.18 Å². The van der Waals surface area contributed by atoms with Crippen LogP contribution in [0.25, 0.3) is 0 Å². The van der Waals surface area contributed by atoms with Gasteiger partial charge in [0.25, 0.3) is 0 Å². The summed E-state index contributed by atoms with van der Waals surface area (Å²) in [5, 5.41) is 12.6. The van der Waals surface area contributed by atoms with Gasteiger partial charge in [-0.2, -0.15) is 13.2 Å². The van der Waals surface area contributed by atoms with Crippen LogP contribution in [0.4, 0.5) is 23.9 Å². The fourth-order valence-electron chi connectivity index (χ4n) is 2.53. The molecule has 0 aromatic carbocycles. The molecular formula is C13H17F3N5O2-. The number of hydrogen-bond acceptors (Lipinski definition) is 6. The Morgan fingerprint density at radius 2 is 2.13 bits per heavy atom. The van der Waals surface area contributed by atoms with E-state index in [9.17, 15) is 23.1 Å². The van der Waals surface area contributed by atoms with Crippen LogP contribution in [0.2, 0.25) is 0 Å². The average Bonchev–Trinajstić information content (AvgIpc) is 2.40. The quantitative estimate of drug-likeness (QED) is 0.813. The first-order chi connectivity index (χ1) is 10.6. The Kier molecular flexibility index (Phi) is 4.64. The Morgan fingerprint density at radius 3 is 2.65 bits per heavy atom. The summed E-state index contributed by atoms with van der Waals surface area (Å²) < 4.78 is 38.1. The number of halogens is 3. The zero-order valence-corrected chi connectivity index (χ0v) is 12.7. The highest BCUT2D eigenvalue weighted by Crippen LogP contribution is 2.33. The van der Waals surface area contributed by atoms with Gasteiger partial charge in [0.15, 0.2) is 0 Å². The molecule has 1 saturated heterocycles. The number of carbonyl (C=O) groups excluding carboxylic acids is 1. The van der Waals surface area contributed by atoms with Crippen molar-refractivity contribution in [1.82, 2.24) is 20.2 Å². The lowest BCUT2D eigenvalue weighted by Gasteiger charge is -2.54. The van der Waals surface area contributed by atoms with Crippen molar-refractivity contribution in [2.24, 2.45) is 0 Å². The van der Waals surface area contributed by atoms with Gasteiger partial charge in [-0.15, -0.1) is 0 Å². The van der Waals surface area contributed by atoms with E-state index in [1.54, 1.807) is 4.90 Å². The maximum Gasteiger partial charge on any atom is 0.433 e. The Hall–Kier alpha value is -2.10. The third-order valence-electron chi connectivity index (χ3n) is 3.99. The van der Waals surface area contributed by atoms with Crippen molar-refractivity contribution in [1.29, 1.82) is 0 Å². The molecule has 1 N–H and O–H groups in total. The maximum atomic E-state index is 12.7. The van der Waals surface area contributed by atoms with E-state index in [0.29, 0.717) is 19.5 Å². The summed E-state index contributed by atoms with van der Waals surface area (Å²) in [6.45, 7) is 1.03. The molecule has 23 heavy (non-hydrogen) atoms. The Morgan fingerprint density at radius 1 is 1.48 bits per heavy atom. The summed E-state index contributed by atoms with van der Waals surface area (Å²) in [5.41, 5.74) is -1.33. The van der Waals surface area contributed by atoms with E-state index in [-0.39, 0.29) is 18.0 Å². The standard InChI is InChI=1S/C13H18F3N5O2/c1-20(2)12(4-6-18-11(22)23)7-21(8-12)10-17-5-3-9(19-10)13(14,15)16/h3,5,18H,4,6-8H2,1-2H3,(H,22,23)/p-1.